The van der Waals surface area contributed by atoms with Crippen LogP contribution in [0.3, 0.4) is 0 Å². The zero-order chi connectivity index (χ0) is 16.9. The van der Waals surface area contributed by atoms with Crippen LogP contribution in [0.15, 0.2) is 46.9 Å². The predicted octanol–water partition coefficient (Wildman–Crippen LogP) is 3.57. The summed E-state index contributed by atoms with van der Waals surface area (Å²) < 4.78 is 18.6. The van der Waals surface area contributed by atoms with Crippen molar-refractivity contribution in [3.05, 3.63) is 65.3 Å². The van der Waals surface area contributed by atoms with Crippen LogP contribution in [-0.4, -0.2) is 17.4 Å². The molecular formula is C19H19FN2O2. The van der Waals surface area contributed by atoms with E-state index in [0.717, 1.165) is 28.6 Å². The monoisotopic (exact) mass is 326 g/mol. The number of carbonyl (C=O) groups excluding carboxylic acids is 1. The number of aryl methyl sites for hydroxylation is 2. The number of hydrogen-bond acceptors (Lipinski definition) is 3. The van der Waals surface area contributed by atoms with Gasteiger partial charge in [0.15, 0.2) is 11.5 Å². The second-order valence-corrected chi connectivity index (χ2v) is 5.76. The minimum Gasteiger partial charge on any atom is -0.441 e. The van der Waals surface area contributed by atoms with Gasteiger partial charge in [-0.25, -0.2) is 9.37 Å². The number of fused-ring (bicyclic) bond motifs is 1. The molecule has 0 atom stereocenters. The molecule has 0 bridgehead atoms. The molecule has 0 unspecified atom stereocenters. The number of halogens is 1. The van der Waals surface area contributed by atoms with Crippen LogP contribution < -0.4 is 5.32 Å². The molecule has 0 saturated heterocycles. The van der Waals surface area contributed by atoms with Gasteiger partial charge >= 0.3 is 0 Å². The number of amides is 1. The van der Waals surface area contributed by atoms with E-state index in [2.05, 4.69) is 10.3 Å². The Morgan fingerprint density at radius 2 is 2.00 bits per heavy atom. The van der Waals surface area contributed by atoms with Crippen LogP contribution in [0, 0.1) is 12.7 Å². The van der Waals surface area contributed by atoms with Crippen molar-refractivity contribution < 1.29 is 13.6 Å². The predicted molar refractivity (Wildman–Crippen MR) is 90.2 cm³/mol. The topological polar surface area (TPSA) is 55.1 Å². The fourth-order valence-electron chi connectivity index (χ4n) is 2.62. The molecule has 0 radical (unpaired) electrons. The normalized spacial score (nSPS) is 10.9. The van der Waals surface area contributed by atoms with Gasteiger partial charge < -0.3 is 9.73 Å². The molecule has 124 valence electrons. The quantitative estimate of drug-likeness (QED) is 0.753. The fraction of sp³-hybridized carbons (Fsp3) is 0.263. The van der Waals surface area contributed by atoms with Gasteiger partial charge in [0.25, 0.3) is 0 Å². The summed E-state index contributed by atoms with van der Waals surface area (Å²) >= 11 is 0. The Kier molecular flexibility index (Phi) is 4.89. The molecule has 0 saturated carbocycles. The van der Waals surface area contributed by atoms with Gasteiger partial charge in [0.2, 0.25) is 5.91 Å². The summed E-state index contributed by atoms with van der Waals surface area (Å²) in [6.07, 6.45) is 1.61. The highest BCUT2D eigenvalue weighted by molar-refractivity contribution is 5.76. The lowest BCUT2D eigenvalue weighted by atomic mass is 10.1. The number of nitrogens with one attached hydrogen (secondary N) is 1. The van der Waals surface area contributed by atoms with Crippen molar-refractivity contribution >= 4 is 17.0 Å². The lowest BCUT2D eigenvalue weighted by Crippen LogP contribution is -2.25. The maximum Gasteiger partial charge on any atom is 0.220 e. The van der Waals surface area contributed by atoms with Crippen LogP contribution in [0.2, 0.25) is 0 Å². The fourth-order valence-corrected chi connectivity index (χ4v) is 2.62. The molecule has 0 aliphatic rings. The SMILES string of the molecule is Cc1nc2ccc(CCNC(=O)CCc3cccc(F)c3)cc2o1. The third kappa shape index (κ3) is 4.19. The molecule has 1 aromatic heterocycles. The molecule has 4 nitrogen and oxygen atoms in total. The van der Waals surface area contributed by atoms with Gasteiger partial charge in [-0.15, -0.1) is 0 Å². The molecule has 24 heavy (non-hydrogen) atoms. The van der Waals surface area contributed by atoms with E-state index in [1.807, 2.05) is 31.2 Å². The summed E-state index contributed by atoms with van der Waals surface area (Å²) in [4.78, 5) is 16.1. The first-order valence-corrected chi connectivity index (χ1v) is 7.97. The first-order chi connectivity index (χ1) is 11.6. The van der Waals surface area contributed by atoms with Crippen molar-refractivity contribution in [2.24, 2.45) is 0 Å². The third-order valence-electron chi connectivity index (χ3n) is 3.83. The largest absolute Gasteiger partial charge is 0.441 e. The molecule has 1 heterocycles. The zero-order valence-electron chi connectivity index (χ0n) is 13.5. The number of rotatable bonds is 6. The Hall–Kier alpha value is -2.69. The number of benzene rings is 2. The van der Waals surface area contributed by atoms with Crippen molar-refractivity contribution in [2.45, 2.75) is 26.2 Å². The van der Waals surface area contributed by atoms with Gasteiger partial charge in [-0.05, 0) is 48.2 Å². The van der Waals surface area contributed by atoms with E-state index in [1.54, 1.807) is 6.07 Å². The Bertz CT molecular complexity index is 857. The number of nitrogens with zero attached hydrogens (tertiary/aromatic N) is 1. The van der Waals surface area contributed by atoms with E-state index in [4.69, 9.17) is 4.42 Å². The Balaban J connectivity index is 1.45. The van der Waals surface area contributed by atoms with Crippen LogP contribution in [0.4, 0.5) is 4.39 Å². The molecule has 3 aromatic rings. The van der Waals surface area contributed by atoms with Gasteiger partial charge in [0.05, 0.1) is 0 Å². The first-order valence-electron chi connectivity index (χ1n) is 7.97. The average Bonchev–Trinajstić information content (AvgIpc) is 2.92. The summed E-state index contributed by atoms with van der Waals surface area (Å²) in [6.45, 7) is 2.37. The van der Waals surface area contributed by atoms with E-state index in [-0.39, 0.29) is 11.7 Å². The van der Waals surface area contributed by atoms with E-state index in [1.165, 1.54) is 12.1 Å². The zero-order valence-corrected chi connectivity index (χ0v) is 13.5. The van der Waals surface area contributed by atoms with Gasteiger partial charge in [-0.2, -0.15) is 0 Å². The molecule has 0 aliphatic carbocycles. The highest BCUT2D eigenvalue weighted by Gasteiger charge is 2.05. The van der Waals surface area contributed by atoms with E-state index < -0.39 is 0 Å². The third-order valence-corrected chi connectivity index (χ3v) is 3.83. The van der Waals surface area contributed by atoms with Crippen LogP contribution >= 0.6 is 0 Å². The summed E-state index contributed by atoms with van der Waals surface area (Å²) in [5.41, 5.74) is 3.53. The van der Waals surface area contributed by atoms with Crippen molar-refractivity contribution in [2.75, 3.05) is 6.54 Å². The lowest BCUT2D eigenvalue weighted by Gasteiger charge is -2.06. The van der Waals surface area contributed by atoms with Crippen molar-refractivity contribution in [3.8, 4) is 0 Å². The van der Waals surface area contributed by atoms with E-state index in [0.29, 0.717) is 25.3 Å². The molecule has 3 rings (SSSR count). The van der Waals surface area contributed by atoms with Crippen LogP contribution in [0.1, 0.15) is 23.4 Å². The molecule has 0 spiro atoms. The van der Waals surface area contributed by atoms with Crippen molar-refractivity contribution in [1.29, 1.82) is 0 Å². The Morgan fingerprint density at radius 3 is 2.83 bits per heavy atom. The molecule has 0 fully saturated rings. The molecule has 2 aromatic carbocycles. The Labute approximate surface area is 139 Å². The number of hydrogen-bond donors (Lipinski definition) is 1. The number of carbonyl (C=O) groups is 1. The minimum absolute atomic E-state index is 0.0316. The molecular weight excluding hydrogens is 307 g/mol. The maximum atomic E-state index is 13.1. The van der Waals surface area contributed by atoms with Gasteiger partial charge in [-0.3, -0.25) is 4.79 Å². The average molecular weight is 326 g/mol. The van der Waals surface area contributed by atoms with Gasteiger partial charge in [0.1, 0.15) is 11.3 Å². The summed E-state index contributed by atoms with van der Waals surface area (Å²) in [5.74, 6) is 0.342. The van der Waals surface area contributed by atoms with Gasteiger partial charge in [0, 0.05) is 19.9 Å². The van der Waals surface area contributed by atoms with Crippen LogP contribution in [0.25, 0.3) is 11.1 Å². The maximum absolute atomic E-state index is 13.1. The second-order valence-electron chi connectivity index (χ2n) is 5.76. The summed E-state index contributed by atoms with van der Waals surface area (Å²) in [5, 5.41) is 2.89. The molecule has 1 N–H and O–H groups in total. The van der Waals surface area contributed by atoms with Gasteiger partial charge in [-0.1, -0.05) is 18.2 Å². The summed E-state index contributed by atoms with van der Waals surface area (Å²) in [7, 11) is 0. The molecule has 1 amide bonds. The molecule has 5 heteroatoms. The highest BCUT2D eigenvalue weighted by atomic mass is 19.1. The second kappa shape index (κ2) is 7.25. The van der Waals surface area contributed by atoms with Crippen molar-refractivity contribution in [1.82, 2.24) is 10.3 Å². The van der Waals surface area contributed by atoms with E-state index in [9.17, 15) is 9.18 Å². The number of oxazole rings is 1. The first kappa shape index (κ1) is 16.2. The van der Waals surface area contributed by atoms with Crippen molar-refractivity contribution in [3.63, 3.8) is 0 Å². The Morgan fingerprint density at radius 1 is 1.17 bits per heavy atom. The summed E-state index contributed by atoms with van der Waals surface area (Å²) in [6, 6.07) is 12.2. The highest BCUT2D eigenvalue weighted by Crippen LogP contribution is 2.17. The van der Waals surface area contributed by atoms with Crippen LogP contribution in [0.5, 0.6) is 0 Å². The molecule has 0 aliphatic heterocycles. The minimum atomic E-state index is -0.272. The van der Waals surface area contributed by atoms with E-state index >= 15 is 0 Å². The smallest absolute Gasteiger partial charge is 0.220 e. The number of aromatic nitrogens is 1. The van der Waals surface area contributed by atoms with Crippen LogP contribution in [-0.2, 0) is 17.6 Å². The standard InChI is InChI=1S/C19H19FN2O2/c1-13-22-17-7-5-15(12-18(17)24-13)9-10-21-19(23)8-6-14-3-2-4-16(20)11-14/h2-5,7,11-12H,6,8-10H2,1H3,(H,21,23). The lowest BCUT2D eigenvalue weighted by molar-refractivity contribution is -0.121.